The number of β-lactam (4-membered cyclic amide) rings is 1. The van der Waals surface area contributed by atoms with Crippen LogP contribution in [0, 0.1) is 5.92 Å². The zero-order valence-corrected chi connectivity index (χ0v) is 24.4. The van der Waals surface area contributed by atoms with Crippen LogP contribution >= 0.6 is 23.1 Å². The Morgan fingerprint density at radius 3 is 2.75 bits per heavy atom. The maximum Gasteiger partial charge on any atom is 0.347 e. The van der Waals surface area contributed by atoms with E-state index in [1.807, 2.05) is 17.0 Å². The van der Waals surface area contributed by atoms with Gasteiger partial charge in [-0.25, -0.2) is 14.3 Å². The third-order valence-electron chi connectivity index (χ3n) is 7.10. The molecule has 226 valence electrons. The Hall–Kier alpha value is -5.10. The molecule has 1 fully saturated rings. The molecule has 2 aliphatic rings. The van der Waals surface area contributed by atoms with Crippen LogP contribution in [0.4, 0.5) is 5.13 Å². The number of carbonyl (C=O) groups is 3. The predicted octanol–water partition coefficient (Wildman–Crippen LogP) is 0.886. The number of nitrogen functional groups attached to an aromatic ring is 1. The van der Waals surface area contributed by atoms with Gasteiger partial charge >= 0.3 is 5.97 Å². The first kappa shape index (κ1) is 29.0. The third kappa shape index (κ3) is 5.39. The first-order valence-electron chi connectivity index (χ1n) is 13.1. The van der Waals surface area contributed by atoms with Gasteiger partial charge in [0, 0.05) is 34.6 Å². The molecule has 1 amide bonds. The summed E-state index contributed by atoms with van der Waals surface area (Å²) < 4.78 is 1.88. The molecule has 0 bridgehead atoms. The van der Waals surface area contributed by atoms with Crippen LogP contribution in [0.25, 0.3) is 16.5 Å². The fourth-order valence-corrected chi connectivity index (χ4v) is 6.86. The van der Waals surface area contributed by atoms with Crippen LogP contribution in [0.5, 0.6) is 11.5 Å². The lowest BCUT2D eigenvalue weighted by atomic mass is 9.89. The minimum absolute atomic E-state index is 0.126. The number of hydrogen-bond acceptors (Lipinski definition) is 14. The topological polar surface area (TPSA) is 234 Å². The van der Waals surface area contributed by atoms with Gasteiger partial charge in [0.1, 0.15) is 5.69 Å². The molecule has 0 aliphatic carbocycles. The standard InChI is InChI=1S/C26H23N9O7S2/c1-11(25(40)41)42-31-20(16-10-44-26(27)28-16)19(38)6-15-23(39)35-21(22-29-32-33-30-22)14(9-43-24(15)35)8-34-3-2-12-4-17(36)18(37)5-13(12)7-34/h2-5,7,10-11,15,24H,6,8-9H2,1H3,(H5,27,28,29,30,32,33,37,40,41)/p+1/b31-20-/t11-,15+,24+/m0/s1. The molecule has 0 unspecified atom stereocenters. The van der Waals surface area contributed by atoms with E-state index in [2.05, 4.69) is 30.8 Å². The number of anilines is 1. The number of aromatic hydroxyl groups is 2. The van der Waals surface area contributed by atoms with Crippen LogP contribution in [-0.4, -0.2) is 86.4 Å². The van der Waals surface area contributed by atoms with E-state index in [9.17, 15) is 24.6 Å². The molecule has 1 saturated heterocycles. The highest BCUT2D eigenvalue weighted by Gasteiger charge is 2.54. The van der Waals surface area contributed by atoms with Crippen molar-refractivity contribution in [3.8, 4) is 11.5 Å². The number of phenolic OH excluding ortho intramolecular Hbond substituents is 2. The van der Waals surface area contributed by atoms with E-state index < -0.39 is 29.1 Å². The van der Waals surface area contributed by atoms with Crippen LogP contribution in [0.15, 0.2) is 46.7 Å². The van der Waals surface area contributed by atoms with E-state index in [4.69, 9.17) is 15.7 Å². The number of rotatable bonds is 10. The van der Waals surface area contributed by atoms with Crippen molar-refractivity contribution in [1.82, 2.24) is 30.5 Å². The highest BCUT2D eigenvalue weighted by Crippen LogP contribution is 2.47. The van der Waals surface area contributed by atoms with E-state index in [1.54, 1.807) is 11.0 Å². The summed E-state index contributed by atoms with van der Waals surface area (Å²) in [4.78, 5) is 48.9. The van der Waals surface area contributed by atoms with Crippen molar-refractivity contribution in [1.29, 1.82) is 0 Å². The van der Waals surface area contributed by atoms with Crippen molar-refractivity contribution in [2.24, 2.45) is 11.1 Å². The van der Waals surface area contributed by atoms with Gasteiger partial charge in [0.2, 0.25) is 17.8 Å². The van der Waals surface area contributed by atoms with E-state index in [0.717, 1.165) is 22.3 Å². The number of aromatic amines is 1. The number of thioether (sulfide) groups is 1. The summed E-state index contributed by atoms with van der Waals surface area (Å²) in [6.45, 7) is 1.62. The summed E-state index contributed by atoms with van der Waals surface area (Å²) in [7, 11) is 0. The highest BCUT2D eigenvalue weighted by molar-refractivity contribution is 8.00. The number of Topliss-reactive ketones (excluding diaryl/α,β-unsaturated/α-hetero) is 1. The lowest BCUT2D eigenvalue weighted by Gasteiger charge is -2.49. The van der Waals surface area contributed by atoms with Crippen LogP contribution in [0.1, 0.15) is 24.9 Å². The maximum atomic E-state index is 13.6. The number of aliphatic carboxylic acids is 1. The number of thiazole rings is 1. The van der Waals surface area contributed by atoms with E-state index in [-0.39, 0.29) is 46.2 Å². The average Bonchev–Trinajstić information content (AvgIpc) is 3.68. The quantitative estimate of drug-likeness (QED) is 0.0534. The molecule has 44 heavy (non-hydrogen) atoms. The molecule has 1 aromatic carbocycles. The summed E-state index contributed by atoms with van der Waals surface area (Å²) in [5.74, 6) is -2.60. The number of carboxylic acid groups (broad SMARTS) is 1. The number of carboxylic acids is 1. The van der Waals surface area contributed by atoms with Crippen LogP contribution in [-0.2, 0) is 25.8 Å². The minimum atomic E-state index is -1.32. The Labute approximate surface area is 255 Å². The van der Waals surface area contributed by atoms with Crippen LogP contribution in [0.3, 0.4) is 0 Å². The second-order valence-corrected chi connectivity index (χ2v) is 12.0. The van der Waals surface area contributed by atoms with E-state index >= 15 is 0 Å². The number of pyridine rings is 1. The number of H-pyrrole nitrogens is 1. The molecule has 18 heteroatoms. The van der Waals surface area contributed by atoms with Crippen molar-refractivity contribution in [3.63, 3.8) is 0 Å². The fourth-order valence-electron chi connectivity index (χ4n) is 4.91. The number of oxime groups is 1. The maximum absolute atomic E-state index is 13.6. The zero-order valence-electron chi connectivity index (χ0n) is 22.8. The van der Waals surface area contributed by atoms with Gasteiger partial charge in [-0.1, -0.05) is 5.16 Å². The molecule has 6 rings (SSSR count). The van der Waals surface area contributed by atoms with Gasteiger partial charge in [0.15, 0.2) is 47.1 Å². The third-order valence-corrected chi connectivity index (χ3v) is 9.17. The Morgan fingerprint density at radius 1 is 1.30 bits per heavy atom. The number of nitrogens with zero attached hydrogens (tertiary/aromatic N) is 7. The number of carbonyl (C=O) groups excluding carboxylic acids is 2. The zero-order chi connectivity index (χ0) is 31.1. The molecule has 16 nitrogen and oxygen atoms in total. The molecule has 3 atom stereocenters. The molecule has 4 aromatic rings. The molecular weight excluding hydrogens is 614 g/mol. The lowest BCUT2D eigenvalue weighted by Crippen LogP contribution is -2.61. The highest BCUT2D eigenvalue weighted by atomic mass is 32.2. The van der Waals surface area contributed by atoms with Crippen LogP contribution < -0.4 is 10.3 Å². The van der Waals surface area contributed by atoms with Gasteiger partial charge < -0.3 is 25.9 Å². The van der Waals surface area contributed by atoms with Crippen LogP contribution in [0.2, 0.25) is 0 Å². The number of phenols is 2. The second kappa shape index (κ2) is 11.5. The van der Waals surface area contributed by atoms with Crippen molar-refractivity contribution >= 4 is 68.1 Å². The summed E-state index contributed by atoms with van der Waals surface area (Å²) in [5, 5.41) is 49.7. The Bertz CT molecular complexity index is 1860. The Kier molecular flexibility index (Phi) is 7.60. The summed E-state index contributed by atoms with van der Waals surface area (Å²) in [5.41, 5.74) is 6.95. The molecule has 3 aromatic heterocycles. The number of tetrazole rings is 1. The first-order valence-corrected chi connectivity index (χ1v) is 15.0. The molecule has 0 saturated carbocycles. The summed E-state index contributed by atoms with van der Waals surface area (Å²) >= 11 is 2.55. The van der Waals surface area contributed by atoms with Crippen molar-refractivity contribution in [2.75, 3.05) is 11.5 Å². The number of fused-ring (bicyclic) bond motifs is 2. The van der Waals surface area contributed by atoms with Gasteiger partial charge in [-0.3, -0.25) is 14.5 Å². The van der Waals surface area contributed by atoms with Gasteiger partial charge in [0.25, 0.3) is 0 Å². The normalized spacial score (nSPS) is 19.1. The largest absolute Gasteiger partial charge is 0.504 e. The van der Waals surface area contributed by atoms with Crippen molar-refractivity contribution < 1.29 is 39.1 Å². The second-order valence-electron chi connectivity index (χ2n) is 10.0. The van der Waals surface area contributed by atoms with E-state index in [0.29, 0.717) is 23.4 Å². The number of amides is 1. The number of hydrogen-bond donors (Lipinski definition) is 5. The average molecular weight is 639 g/mol. The molecular formula is C26H24N9O7S2+. The molecule has 2 aliphatic heterocycles. The van der Waals surface area contributed by atoms with Gasteiger partial charge in [-0.2, -0.15) is 5.21 Å². The monoisotopic (exact) mass is 638 g/mol. The van der Waals surface area contributed by atoms with Gasteiger partial charge in [-0.05, 0) is 29.7 Å². The molecule has 0 spiro atoms. The van der Waals surface area contributed by atoms with Gasteiger partial charge in [-0.15, -0.1) is 33.3 Å². The predicted molar refractivity (Wildman–Crippen MR) is 156 cm³/mol. The lowest BCUT2D eigenvalue weighted by molar-refractivity contribution is -0.687. The number of ketones is 1. The Balaban J connectivity index is 1.26. The van der Waals surface area contributed by atoms with E-state index in [1.165, 1.54) is 36.2 Å². The number of benzene rings is 1. The molecule has 6 N–H and O–H groups in total. The van der Waals surface area contributed by atoms with Crippen molar-refractivity contribution in [3.05, 3.63) is 53.1 Å². The number of aromatic nitrogens is 6. The molecule has 5 heterocycles. The smallest absolute Gasteiger partial charge is 0.347 e. The van der Waals surface area contributed by atoms with Crippen molar-refractivity contribution in [2.45, 2.75) is 31.4 Å². The fraction of sp³-hybridized carbons (Fsp3) is 0.269. The number of nitrogens with two attached hydrogens (primary N) is 1. The molecule has 0 radical (unpaired) electrons. The SMILES string of the molecule is C[C@H](O/N=C(\C(=O)C[C@@H]1C(=O)N2C(c3nn[nH]n3)=C(C[n+]3ccc4cc(O)c(O)cc4c3)CS[C@H]12)c1csc(N)n1)C(=O)O. The van der Waals surface area contributed by atoms with Gasteiger partial charge in [0.05, 0.1) is 17.0 Å². The minimum Gasteiger partial charge on any atom is -0.504 e. The Morgan fingerprint density at radius 2 is 2.07 bits per heavy atom. The summed E-state index contributed by atoms with van der Waals surface area (Å²) in [6.07, 6.45) is 2.08. The summed E-state index contributed by atoms with van der Waals surface area (Å²) in [6, 6.07) is 4.74. The number of nitrogens with one attached hydrogen (secondary N) is 1. The first-order chi connectivity index (χ1) is 21.1.